The zero-order valence-corrected chi connectivity index (χ0v) is 17.2. The van der Waals surface area contributed by atoms with Gasteiger partial charge in [-0.3, -0.25) is 4.79 Å². The van der Waals surface area contributed by atoms with Crippen molar-refractivity contribution in [2.24, 2.45) is 0 Å². The second-order valence-electron chi connectivity index (χ2n) is 6.43. The van der Waals surface area contributed by atoms with Crippen LogP contribution in [0.15, 0.2) is 18.2 Å². The van der Waals surface area contributed by atoms with Gasteiger partial charge in [-0.25, -0.2) is 9.97 Å². The molecular formula is C20H23N3O3S. The summed E-state index contributed by atoms with van der Waals surface area (Å²) >= 11 is 1.42. The van der Waals surface area contributed by atoms with Gasteiger partial charge in [-0.2, -0.15) is 0 Å². The maximum atomic E-state index is 13.1. The van der Waals surface area contributed by atoms with E-state index in [1.807, 2.05) is 39.0 Å². The molecule has 0 radical (unpaired) electrons. The molecule has 7 heteroatoms. The Balaban J connectivity index is 1.91. The predicted octanol–water partition coefficient (Wildman–Crippen LogP) is 3.91. The second kappa shape index (κ2) is 7.52. The van der Waals surface area contributed by atoms with Crippen LogP contribution in [0.1, 0.15) is 32.3 Å². The molecule has 27 heavy (non-hydrogen) atoms. The van der Waals surface area contributed by atoms with Crippen LogP contribution in [0.4, 0.5) is 0 Å². The monoisotopic (exact) mass is 385 g/mol. The van der Waals surface area contributed by atoms with Crippen molar-refractivity contribution < 1.29 is 14.3 Å². The Morgan fingerprint density at radius 1 is 1.15 bits per heavy atom. The Labute approximate surface area is 162 Å². The molecule has 0 spiro atoms. The van der Waals surface area contributed by atoms with Crippen LogP contribution in [0.2, 0.25) is 0 Å². The van der Waals surface area contributed by atoms with Crippen LogP contribution in [0.3, 0.4) is 0 Å². The van der Waals surface area contributed by atoms with Crippen molar-refractivity contribution in [1.29, 1.82) is 0 Å². The lowest BCUT2D eigenvalue weighted by molar-refractivity contribution is 0.0788. The third-order valence-corrected chi connectivity index (χ3v) is 5.70. The Kier molecular flexibility index (Phi) is 5.32. The molecule has 142 valence electrons. The maximum Gasteiger partial charge on any atom is 0.264 e. The normalized spacial score (nSPS) is 10.9. The van der Waals surface area contributed by atoms with Crippen LogP contribution in [-0.4, -0.2) is 42.0 Å². The van der Waals surface area contributed by atoms with E-state index in [0.717, 1.165) is 32.9 Å². The first-order valence-corrected chi connectivity index (χ1v) is 9.38. The fourth-order valence-corrected chi connectivity index (χ4v) is 4.43. The number of carbonyl (C=O) groups excluding carboxylic acids is 1. The zero-order valence-electron chi connectivity index (χ0n) is 16.4. The molecule has 0 fully saturated rings. The molecule has 1 amide bonds. The molecular weight excluding hydrogens is 362 g/mol. The molecule has 6 nitrogen and oxygen atoms in total. The number of amides is 1. The number of aromatic nitrogens is 2. The highest BCUT2D eigenvalue weighted by molar-refractivity contribution is 7.20. The lowest BCUT2D eigenvalue weighted by atomic mass is 10.1. The van der Waals surface area contributed by atoms with E-state index in [1.54, 1.807) is 26.2 Å². The molecule has 0 unspecified atom stereocenters. The van der Waals surface area contributed by atoms with Crippen molar-refractivity contribution in [3.05, 3.63) is 45.7 Å². The van der Waals surface area contributed by atoms with Crippen LogP contribution in [0.5, 0.6) is 11.5 Å². The van der Waals surface area contributed by atoms with E-state index in [2.05, 4.69) is 9.97 Å². The predicted molar refractivity (Wildman–Crippen MR) is 107 cm³/mol. The van der Waals surface area contributed by atoms with Gasteiger partial charge < -0.3 is 14.4 Å². The largest absolute Gasteiger partial charge is 0.497 e. The average molecular weight is 385 g/mol. The van der Waals surface area contributed by atoms with Gasteiger partial charge in [0.15, 0.2) is 0 Å². The van der Waals surface area contributed by atoms with Crippen LogP contribution in [0, 0.1) is 20.8 Å². The van der Waals surface area contributed by atoms with Crippen molar-refractivity contribution in [3.8, 4) is 11.5 Å². The highest BCUT2D eigenvalue weighted by Gasteiger charge is 2.22. The molecule has 0 aliphatic rings. The van der Waals surface area contributed by atoms with E-state index in [0.29, 0.717) is 22.9 Å². The van der Waals surface area contributed by atoms with Gasteiger partial charge in [-0.05, 0) is 38.5 Å². The minimum atomic E-state index is -0.0366. The Morgan fingerprint density at radius 2 is 1.89 bits per heavy atom. The van der Waals surface area contributed by atoms with E-state index in [1.165, 1.54) is 11.3 Å². The first kappa shape index (κ1) is 19.1. The highest BCUT2D eigenvalue weighted by atomic mass is 32.1. The summed E-state index contributed by atoms with van der Waals surface area (Å²) in [5.41, 5.74) is 2.76. The fourth-order valence-electron chi connectivity index (χ4n) is 3.16. The van der Waals surface area contributed by atoms with Gasteiger partial charge in [0.05, 0.1) is 19.1 Å². The van der Waals surface area contributed by atoms with Crippen LogP contribution < -0.4 is 9.47 Å². The number of methoxy groups -OCH3 is 2. The maximum absolute atomic E-state index is 13.1. The smallest absolute Gasteiger partial charge is 0.264 e. The van der Waals surface area contributed by atoms with Crippen LogP contribution in [0.25, 0.3) is 10.2 Å². The summed E-state index contributed by atoms with van der Waals surface area (Å²) in [4.78, 5) is 25.3. The lowest BCUT2D eigenvalue weighted by Crippen LogP contribution is -2.26. The minimum Gasteiger partial charge on any atom is -0.497 e. The molecule has 1 aromatic carbocycles. The van der Waals surface area contributed by atoms with E-state index in [4.69, 9.17) is 9.47 Å². The summed E-state index contributed by atoms with van der Waals surface area (Å²) in [6.45, 7) is 6.21. The summed E-state index contributed by atoms with van der Waals surface area (Å²) in [5.74, 6) is 2.09. The molecule has 0 aliphatic carbocycles. The van der Waals surface area contributed by atoms with E-state index in [-0.39, 0.29) is 5.91 Å². The molecule has 0 aliphatic heterocycles. The Bertz CT molecular complexity index is 1010. The summed E-state index contributed by atoms with van der Waals surface area (Å²) in [7, 11) is 5.01. The zero-order chi connectivity index (χ0) is 19.7. The van der Waals surface area contributed by atoms with Gasteiger partial charge in [-0.15, -0.1) is 11.3 Å². The van der Waals surface area contributed by atoms with Gasteiger partial charge in [0.1, 0.15) is 22.2 Å². The highest BCUT2D eigenvalue weighted by Crippen LogP contribution is 2.32. The summed E-state index contributed by atoms with van der Waals surface area (Å²) < 4.78 is 10.7. The first-order chi connectivity index (χ1) is 12.8. The number of ether oxygens (including phenoxy) is 2. The molecule has 0 atom stereocenters. The molecule has 0 bridgehead atoms. The van der Waals surface area contributed by atoms with Gasteiger partial charge in [-0.1, -0.05) is 0 Å². The second-order valence-corrected chi connectivity index (χ2v) is 7.43. The van der Waals surface area contributed by atoms with Gasteiger partial charge >= 0.3 is 0 Å². The van der Waals surface area contributed by atoms with E-state index < -0.39 is 0 Å². The summed E-state index contributed by atoms with van der Waals surface area (Å²) in [5, 5.41) is 0.976. The van der Waals surface area contributed by atoms with Crippen molar-refractivity contribution in [2.45, 2.75) is 27.3 Å². The van der Waals surface area contributed by atoms with E-state index >= 15 is 0 Å². The number of thiophene rings is 1. The molecule has 2 heterocycles. The number of rotatable bonds is 5. The Hall–Kier alpha value is -2.67. The number of carbonyl (C=O) groups is 1. The minimum absolute atomic E-state index is 0.0366. The van der Waals surface area contributed by atoms with Gasteiger partial charge in [0.2, 0.25) is 0 Å². The average Bonchev–Trinajstić information content (AvgIpc) is 2.97. The SMILES string of the molecule is COc1ccc(CN(C)C(=O)c2sc3nc(C)nc(C)c3c2C)c(OC)c1. The van der Waals surface area contributed by atoms with Crippen molar-refractivity contribution >= 4 is 27.5 Å². The first-order valence-electron chi connectivity index (χ1n) is 8.56. The lowest BCUT2D eigenvalue weighted by Gasteiger charge is -2.19. The van der Waals surface area contributed by atoms with E-state index in [9.17, 15) is 4.79 Å². The quantitative estimate of drug-likeness (QED) is 0.666. The topological polar surface area (TPSA) is 64.5 Å². The number of nitrogens with zero attached hydrogens (tertiary/aromatic N) is 3. The standard InChI is InChI=1S/C20H23N3O3S/c1-11-17-12(2)21-13(3)22-19(17)27-18(11)20(24)23(4)10-14-7-8-15(25-5)9-16(14)26-6/h7-9H,10H2,1-6H3. The number of fused-ring (bicyclic) bond motifs is 1. The molecule has 0 saturated carbocycles. The van der Waals surface area contributed by atoms with Crippen LogP contribution >= 0.6 is 11.3 Å². The summed E-state index contributed by atoms with van der Waals surface area (Å²) in [6.07, 6.45) is 0. The molecule has 0 saturated heterocycles. The molecule has 2 aromatic heterocycles. The van der Waals surface area contributed by atoms with Gasteiger partial charge in [0.25, 0.3) is 5.91 Å². The number of aryl methyl sites for hydroxylation is 3. The van der Waals surface area contributed by atoms with Crippen molar-refractivity contribution in [3.63, 3.8) is 0 Å². The van der Waals surface area contributed by atoms with Crippen LogP contribution in [-0.2, 0) is 6.54 Å². The number of hydrogen-bond acceptors (Lipinski definition) is 6. The molecule has 3 aromatic rings. The molecule has 0 N–H and O–H groups in total. The van der Waals surface area contributed by atoms with Crippen molar-refractivity contribution in [2.75, 3.05) is 21.3 Å². The number of hydrogen-bond donors (Lipinski definition) is 0. The number of benzene rings is 1. The Morgan fingerprint density at radius 3 is 2.56 bits per heavy atom. The third-order valence-electron chi connectivity index (χ3n) is 4.53. The van der Waals surface area contributed by atoms with Crippen molar-refractivity contribution in [1.82, 2.24) is 14.9 Å². The van der Waals surface area contributed by atoms with Gasteiger partial charge in [0, 0.05) is 36.3 Å². The molecule has 3 rings (SSSR count). The summed E-state index contributed by atoms with van der Waals surface area (Å²) in [6, 6.07) is 5.60. The fraction of sp³-hybridized carbons (Fsp3) is 0.350. The third kappa shape index (κ3) is 3.60.